The van der Waals surface area contributed by atoms with Crippen LogP contribution < -0.4 is 5.32 Å². The molecule has 32 heavy (non-hydrogen) atoms. The minimum atomic E-state index is -1.20. The molecule has 0 bridgehead atoms. The Balaban J connectivity index is 1.41. The van der Waals surface area contributed by atoms with Gasteiger partial charge in [0.25, 0.3) is 5.91 Å². The Kier molecular flexibility index (Phi) is 5.90. The summed E-state index contributed by atoms with van der Waals surface area (Å²) in [5.41, 5.74) is 0.627. The van der Waals surface area contributed by atoms with Crippen molar-refractivity contribution >= 4 is 17.8 Å². The van der Waals surface area contributed by atoms with Gasteiger partial charge in [-0.3, -0.25) is 9.59 Å². The number of nitrogens with one attached hydrogen (secondary N) is 1. The van der Waals surface area contributed by atoms with E-state index >= 15 is 0 Å². The van der Waals surface area contributed by atoms with Crippen molar-refractivity contribution in [3.63, 3.8) is 0 Å². The molecule has 2 aliphatic heterocycles. The maximum Gasteiger partial charge on any atom is 0.326 e. The third-order valence-corrected chi connectivity index (χ3v) is 5.50. The molecule has 4 rings (SSSR count). The number of amides is 2. The zero-order valence-electron chi connectivity index (χ0n) is 16.8. The maximum atomic E-state index is 14.5. The van der Waals surface area contributed by atoms with E-state index in [9.17, 15) is 28.3 Å². The first-order valence-electron chi connectivity index (χ1n) is 9.92. The largest absolute Gasteiger partial charge is 0.480 e. The molecule has 0 aromatic heterocycles. The van der Waals surface area contributed by atoms with E-state index in [1.807, 2.05) is 0 Å². The van der Waals surface area contributed by atoms with E-state index in [-0.39, 0.29) is 24.1 Å². The van der Waals surface area contributed by atoms with E-state index in [4.69, 9.17) is 9.47 Å². The monoisotopic (exact) mass is 446 g/mol. The number of likely N-dealkylation sites (tertiary alicyclic amines) is 1. The van der Waals surface area contributed by atoms with Crippen molar-refractivity contribution in [3.8, 4) is 11.1 Å². The molecule has 2 N–H and O–H groups in total. The Bertz CT molecular complexity index is 1050. The number of aliphatic carboxylic acids is 1. The number of nitrogens with zero attached hydrogens (tertiary/aromatic N) is 1. The van der Waals surface area contributed by atoms with Gasteiger partial charge in [0, 0.05) is 17.5 Å². The lowest BCUT2D eigenvalue weighted by Gasteiger charge is -2.23. The van der Waals surface area contributed by atoms with E-state index in [2.05, 4.69) is 5.32 Å². The summed E-state index contributed by atoms with van der Waals surface area (Å²) in [5.74, 6) is -4.78. The average Bonchev–Trinajstić information content (AvgIpc) is 3.39. The van der Waals surface area contributed by atoms with Crippen molar-refractivity contribution in [3.05, 3.63) is 59.7 Å². The van der Waals surface area contributed by atoms with Crippen LogP contribution in [0.3, 0.4) is 0 Å². The van der Waals surface area contributed by atoms with Crippen molar-refractivity contribution in [1.29, 1.82) is 0 Å². The fourth-order valence-electron chi connectivity index (χ4n) is 3.91. The van der Waals surface area contributed by atoms with Gasteiger partial charge in [0.1, 0.15) is 17.7 Å². The number of hydrogen-bond donors (Lipinski definition) is 2. The van der Waals surface area contributed by atoms with Crippen molar-refractivity contribution < 1.29 is 37.7 Å². The Labute approximate surface area is 181 Å². The summed E-state index contributed by atoms with van der Waals surface area (Å²) < 4.78 is 38.6. The third kappa shape index (κ3) is 4.32. The number of ether oxygens (including phenoxy) is 2. The number of carboxylic acids is 1. The van der Waals surface area contributed by atoms with Gasteiger partial charge in [-0.2, -0.15) is 0 Å². The second kappa shape index (κ2) is 8.64. The normalized spacial score (nSPS) is 19.3. The van der Waals surface area contributed by atoms with Crippen LogP contribution in [0.15, 0.2) is 42.5 Å². The maximum absolute atomic E-state index is 14.5. The van der Waals surface area contributed by atoms with Gasteiger partial charge in [0.05, 0.1) is 26.3 Å². The molecule has 0 aliphatic carbocycles. The Morgan fingerprint density at radius 3 is 2.41 bits per heavy atom. The summed E-state index contributed by atoms with van der Waals surface area (Å²) in [6.45, 7) is 0.0921. The standard InChI is InChI=1S/C22H20F2N2O6/c23-15-4-1-13(2-5-15)16-6-3-14(9-17(16)24)20(28)25-11-19(27)26-12-22(31-7-8-32-22)10-18(26)21(29)30/h1-6,9,18H,7-8,10-12H2,(H,25,28)(H,29,30). The quantitative estimate of drug-likeness (QED) is 0.726. The molecule has 1 unspecified atom stereocenters. The molecule has 2 fully saturated rings. The van der Waals surface area contributed by atoms with E-state index in [0.29, 0.717) is 18.8 Å². The number of benzene rings is 2. The molecular weight excluding hydrogens is 426 g/mol. The van der Waals surface area contributed by atoms with E-state index in [1.54, 1.807) is 0 Å². The van der Waals surface area contributed by atoms with Crippen LogP contribution in [0.5, 0.6) is 0 Å². The first-order chi connectivity index (χ1) is 15.3. The van der Waals surface area contributed by atoms with Gasteiger partial charge in [0.15, 0.2) is 5.79 Å². The van der Waals surface area contributed by atoms with Gasteiger partial charge in [-0.1, -0.05) is 18.2 Å². The molecule has 0 saturated carbocycles. The first-order valence-corrected chi connectivity index (χ1v) is 9.92. The zero-order valence-corrected chi connectivity index (χ0v) is 16.8. The minimum Gasteiger partial charge on any atom is -0.480 e. The summed E-state index contributed by atoms with van der Waals surface area (Å²) >= 11 is 0. The van der Waals surface area contributed by atoms with Gasteiger partial charge < -0.3 is 24.8 Å². The number of carbonyl (C=O) groups excluding carboxylic acids is 2. The van der Waals surface area contributed by atoms with Crippen LogP contribution in [0.25, 0.3) is 11.1 Å². The molecule has 2 amide bonds. The molecule has 1 atom stereocenters. The van der Waals surface area contributed by atoms with Gasteiger partial charge in [-0.15, -0.1) is 0 Å². The number of hydrogen-bond acceptors (Lipinski definition) is 5. The molecule has 2 saturated heterocycles. The van der Waals surface area contributed by atoms with Crippen LogP contribution in [0.4, 0.5) is 8.78 Å². The number of carbonyl (C=O) groups is 3. The summed E-state index contributed by atoms with van der Waals surface area (Å²) in [6, 6.07) is 7.90. The fourth-order valence-corrected chi connectivity index (χ4v) is 3.91. The lowest BCUT2D eigenvalue weighted by molar-refractivity contribution is -0.152. The molecule has 2 aliphatic rings. The minimum absolute atomic E-state index is 0.00191. The molecule has 2 heterocycles. The van der Waals surface area contributed by atoms with Crippen LogP contribution in [-0.4, -0.2) is 65.9 Å². The molecule has 0 radical (unpaired) electrons. The number of rotatable bonds is 5. The molecule has 168 valence electrons. The first kappa shape index (κ1) is 21.8. The lowest BCUT2D eigenvalue weighted by Crippen LogP contribution is -2.46. The molecule has 10 heteroatoms. The highest BCUT2D eigenvalue weighted by Gasteiger charge is 2.52. The van der Waals surface area contributed by atoms with Crippen molar-refractivity contribution in [1.82, 2.24) is 10.2 Å². The number of halogens is 2. The molecular formula is C22H20F2N2O6. The van der Waals surface area contributed by atoms with Crippen LogP contribution in [0, 0.1) is 11.6 Å². The second-order valence-electron chi connectivity index (χ2n) is 7.57. The molecule has 1 spiro atoms. The predicted molar refractivity (Wildman–Crippen MR) is 107 cm³/mol. The zero-order chi connectivity index (χ0) is 22.9. The smallest absolute Gasteiger partial charge is 0.326 e. The summed E-state index contributed by atoms with van der Waals surface area (Å²) in [4.78, 5) is 37.7. The van der Waals surface area contributed by atoms with Gasteiger partial charge >= 0.3 is 5.97 Å². The lowest BCUT2D eigenvalue weighted by atomic mass is 10.0. The summed E-state index contributed by atoms with van der Waals surface area (Å²) in [6.07, 6.45) is -0.00191. The molecule has 2 aromatic rings. The van der Waals surface area contributed by atoms with Crippen LogP contribution in [0.2, 0.25) is 0 Å². The Hall–Kier alpha value is -3.37. The number of carboxylic acid groups (broad SMARTS) is 1. The highest BCUT2D eigenvalue weighted by Crippen LogP contribution is 2.34. The predicted octanol–water partition coefficient (Wildman–Crippen LogP) is 1.79. The van der Waals surface area contributed by atoms with Crippen LogP contribution >= 0.6 is 0 Å². The van der Waals surface area contributed by atoms with Gasteiger partial charge in [0.2, 0.25) is 5.91 Å². The van der Waals surface area contributed by atoms with Gasteiger partial charge in [-0.05, 0) is 29.8 Å². The second-order valence-corrected chi connectivity index (χ2v) is 7.57. The average molecular weight is 446 g/mol. The highest BCUT2D eigenvalue weighted by atomic mass is 19.1. The van der Waals surface area contributed by atoms with Crippen LogP contribution in [-0.2, 0) is 19.1 Å². The van der Waals surface area contributed by atoms with Crippen molar-refractivity contribution in [2.24, 2.45) is 0 Å². The van der Waals surface area contributed by atoms with Crippen molar-refractivity contribution in [2.45, 2.75) is 18.2 Å². The third-order valence-electron chi connectivity index (χ3n) is 5.50. The Morgan fingerprint density at radius 1 is 1.09 bits per heavy atom. The summed E-state index contributed by atoms with van der Waals surface area (Å²) in [5, 5.41) is 11.8. The highest BCUT2D eigenvalue weighted by molar-refractivity contribution is 5.97. The van der Waals surface area contributed by atoms with E-state index in [0.717, 1.165) is 11.0 Å². The summed E-state index contributed by atoms with van der Waals surface area (Å²) in [7, 11) is 0. The van der Waals surface area contributed by atoms with E-state index in [1.165, 1.54) is 36.4 Å². The molecule has 8 nitrogen and oxygen atoms in total. The van der Waals surface area contributed by atoms with Crippen LogP contribution in [0.1, 0.15) is 16.8 Å². The SMILES string of the molecule is O=C(NCC(=O)N1CC2(CC1C(=O)O)OCCO2)c1ccc(-c2ccc(F)cc2)c(F)c1. The Morgan fingerprint density at radius 2 is 1.78 bits per heavy atom. The topological polar surface area (TPSA) is 105 Å². The van der Waals surface area contributed by atoms with E-state index < -0.39 is 47.8 Å². The van der Waals surface area contributed by atoms with Crippen molar-refractivity contribution in [2.75, 3.05) is 26.3 Å². The van der Waals surface area contributed by atoms with Gasteiger partial charge in [-0.25, -0.2) is 13.6 Å². The fraction of sp³-hybridized carbons (Fsp3) is 0.318. The molecule has 2 aromatic carbocycles.